The van der Waals surface area contributed by atoms with E-state index in [1.54, 1.807) is 0 Å². The van der Waals surface area contributed by atoms with Gasteiger partial charge in [0.2, 0.25) is 0 Å². The van der Waals surface area contributed by atoms with Gasteiger partial charge in [0.05, 0.1) is 0 Å². The van der Waals surface area contributed by atoms with Crippen LogP contribution in [-0.4, -0.2) is 35.6 Å². The fraction of sp³-hybridized carbons (Fsp3) is 0.471. The van der Waals surface area contributed by atoms with Crippen molar-refractivity contribution in [3.63, 3.8) is 0 Å². The molecule has 2 atom stereocenters. The van der Waals surface area contributed by atoms with Crippen molar-refractivity contribution in [3.05, 3.63) is 34.9 Å². The molecule has 1 N–H and O–H groups in total. The SMILES string of the molecule is Cc1ccc(C(=O)N2CC(C)C(C)C2)cc1C#CCO. The van der Waals surface area contributed by atoms with Crippen molar-refractivity contribution >= 4 is 5.91 Å². The van der Waals surface area contributed by atoms with Gasteiger partial charge in [0.25, 0.3) is 5.91 Å². The quantitative estimate of drug-likeness (QED) is 0.794. The predicted octanol–water partition coefficient (Wildman–Crippen LogP) is 2.07. The number of aliphatic hydroxyl groups is 1. The molecule has 1 amide bonds. The Balaban J connectivity index is 2.23. The molecule has 3 nitrogen and oxygen atoms in total. The van der Waals surface area contributed by atoms with E-state index in [-0.39, 0.29) is 12.5 Å². The van der Waals surface area contributed by atoms with Crippen LogP contribution in [-0.2, 0) is 0 Å². The van der Waals surface area contributed by atoms with Crippen molar-refractivity contribution in [2.45, 2.75) is 20.8 Å². The Kier molecular flexibility index (Phi) is 4.46. The van der Waals surface area contributed by atoms with E-state index in [0.29, 0.717) is 17.4 Å². The Labute approximate surface area is 120 Å². The summed E-state index contributed by atoms with van der Waals surface area (Å²) in [6.07, 6.45) is 0. The summed E-state index contributed by atoms with van der Waals surface area (Å²) in [7, 11) is 0. The fourth-order valence-electron chi connectivity index (χ4n) is 2.50. The van der Waals surface area contributed by atoms with Gasteiger partial charge in [-0.2, -0.15) is 0 Å². The number of benzene rings is 1. The molecule has 0 aromatic heterocycles. The van der Waals surface area contributed by atoms with Crippen LogP contribution in [0.3, 0.4) is 0 Å². The Morgan fingerprint density at radius 3 is 2.60 bits per heavy atom. The molecule has 1 saturated heterocycles. The second-order valence-electron chi connectivity index (χ2n) is 5.65. The Morgan fingerprint density at radius 1 is 1.35 bits per heavy atom. The third-order valence-corrected chi connectivity index (χ3v) is 4.06. The van der Waals surface area contributed by atoms with Gasteiger partial charge in [-0.25, -0.2) is 0 Å². The number of hydrogen-bond donors (Lipinski definition) is 1. The zero-order chi connectivity index (χ0) is 14.7. The molecular formula is C17H21NO2. The van der Waals surface area contributed by atoms with Gasteiger partial charge in [-0.05, 0) is 36.5 Å². The van der Waals surface area contributed by atoms with Crippen molar-refractivity contribution in [3.8, 4) is 11.8 Å². The van der Waals surface area contributed by atoms with E-state index in [0.717, 1.165) is 24.2 Å². The molecule has 20 heavy (non-hydrogen) atoms. The van der Waals surface area contributed by atoms with Crippen LogP contribution in [0.1, 0.15) is 35.3 Å². The number of carbonyl (C=O) groups excluding carboxylic acids is 1. The normalized spacial score (nSPS) is 21.5. The van der Waals surface area contributed by atoms with Gasteiger partial charge in [-0.15, -0.1) is 0 Å². The van der Waals surface area contributed by atoms with Crippen LogP contribution < -0.4 is 0 Å². The molecule has 0 spiro atoms. The number of amides is 1. The van der Waals surface area contributed by atoms with E-state index < -0.39 is 0 Å². The standard InChI is InChI=1S/C17H21NO2/c1-12-6-7-16(9-15(12)5-4-8-19)17(20)18-10-13(2)14(3)11-18/h6-7,9,13-14,19H,8,10-11H2,1-3H3. The smallest absolute Gasteiger partial charge is 0.253 e. The minimum Gasteiger partial charge on any atom is -0.384 e. The maximum atomic E-state index is 12.5. The van der Waals surface area contributed by atoms with E-state index >= 15 is 0 Å². The average Bonchev–Trinajstić information content (AvgIpc) is 2.77. The lowest BCUT2D eigenvalue weighted by molar-refractivity contribution is 0.0785. The van der Waals surface area contributed by atoms with Crippen LogP contribution in [0.5, 0.6) is 0 Å². The first kappa shape index (κ1) is 14.6. The van der Waals surface area contributed by atoms with Gasteiger partial charge in [0.15, 0.2) is 0 Å². The highest BCUT2D eigenvalue weighted by Crippen LogP contribution is 2.24. The molecule has 1 fully saturated rings. The molecule has 0 radical (unpaired) electrons. The van der Waals surface area contributed by atoms with Crippen LogP contribution in [0.25, 0.3) is 0 Å². The van der Waals surface area contributed by atoms with Gasteiger partial charge >= 0.3 is 0 Å². The summed E-state index contributed by atoms with van der Waals surface area (Å²) in [6.45, 7) is 7.81. The maximum Gasteiger partial charge on any atom is 0.253 e. The summed E-state index contributed by atoms with van der Waals surface area (Å²) in [5.41, 5.74) is 2.51. The summed E-state index contributed by atoms with van der Waals surface area (Å²) in [4.78, 5) is 14.4. The number of likely N-dealkylation sites (tertiary alicyclic amines) is 1. The number of carbonyl (C=O) groups is 1. The molecule has 1 aromatic rings. The third kappa shape index (κ3) is 3.02. The first-order chi connectivity index (χ1) is 9.52. The number of rotatable bonds is 1. The second-order valence-corrected chi connectivity index (χ2v) is 5.65. The topological polar surface area (TPSA) is 40.5 Å². The fourth-order valence-corrected chi connectivity index (χ4v) is 2.50. The monoisotopic (exact) mass is 271 g/mol. The van der Waals surface area contributed by atoms with Crippen LogP contribution in [0.4, 0.5) is 0 Å². The largest absolute Gasteiger partial charge is 0.384 e. The minimum absolute atomic E-state index is 0.0771. The van der Waals surface area contributed by atoms with Crippen molar-refractivity contribution < 1.29 is 9.90 Å². The zero-order valence-corrected chi connectivity index (χ0v) is 12.3. The predicted molar refractivity (Wildman–Crippen MR) is 79.4 cm³/mol. The number of aliphatic hydroxyl groups excluding tert-OH is 1. The van der Waals surface area contributed by atoms with Gasteiger partial charge < -0.3 is 10.0 Å². The number of hydrogen-bond acceptors (Lipinski definition) is 2. The lowest BCUT2D eigenvalue weighted by atomic mass is 10.0. The van der Waals surface area contributed by atoms with Crippen molar-refractivity contribution in [1.82, 2.24) is 4.90 Å². The highest BCUT2D eigenvalue weighted by Gasteiger charge is 2.29. The van der Waals surface area contributed by atoms with E-state index in [9.17, 15) is 4.79 Å². The van der Waals surface area contributed by atoms with E-state index in [1.165, 1.54) is 0 Å². The van der Waals surface area contributed by atoms with Crippen LogP contribution >= 0.6 is 0 Å². The molecule has 2 unspecified atom stereocenters. The highest BCUT2D eigenvalue weighted by atomic mass is 16.2. The van der Waals surface area contributed by atoms with Crippen LogP contribution in [0.15, 0.2) is 18.2 Å². The van der Waals surface area contributed by atoms with Crippen molar-refractivity contribution in [2.24, 2.45) is 11.8 Å². The Hall–Kier alpha value is -1.79. The Bertz CT molecular complexity index is 558. The summed E-state index contributed by atoms with van der Waals surface area (Å²) in [6, 6.07) is 5.60. The summed E-state index contributed by atoms with van der Waals surface area (Å²) in [5.74, 6) is 6.72. The van der Waals surface area contributed by atoms with Gasteiger partial charge in [0.1, 0.15) is 6.61 Å². The van der Waals surface area contributed by atoms with Crippen molar-refractivity contribution in [1.29, 1.82) is 0 Å². The molecule has 0 bridgehead atoms. The molecule has 0 saturated carbocycles. The van der Waals surface area contributed by atoms with E-state index in [1.807, 2.05) is 30.0 Å². The van der Waals surface area contributed by atoms with E-state index in [4.69, 9.17) is 5.11 Å². The zero-order valence-electron chi connectivity index (χ0n) is 12.3. The van der Waals surface area contributed by atoms with Crippen LogP contribution in [0, 0.1) is 30.6 Å². The lowest BCUT2D eigenvalue weighted by Crippen LogP contribution is -2.28. The summed E-state index contributed by atoms with van der Waals surface area (Å²) in [5, 5.41) is 8.78. The number of aryl methyl sites for hydroxylation is 1. The van der Waals surface area contributed by atoms with Crippen molar-refractivity contribution in [2.75, 3.05) is 19.7 Å². The summed E-state index contributed by atoms with van der Waals surface area (Å²) < 4.78 is 0. The molecule has 1 heterocycles. The minimum atomic E-state index is -0.168. The molecule has 1 aromatic carbocycles. The Morgan fingerprint density at radius 2 is 2.00 bits per heavy atom. The second kappa shape index (κ2) is 6.11. The molecule has 1 aliphatic heterocycles. The molecule has 1 aliphatic rings. The first-order valence-electron chi connectivity index (χ1n) is 7.02. The highest BCUT2D eigenvalue weighted by molar-refractivity contribution is 5.95. The molecule has 3 heteroatoms. The molecule has 0 aliphatic carbocycles. The van der Waals surface area contributed by atoms with E-state index in [2.05, 4.69) is 25.7 Å². The van der Waals surface area contributed by atoms with Gasteiger partial charge in [-0.3, -0.25) is 4.79 Å². The lowest BCUT2D eigenvalue weighted by Gasteiger charge is -2.16. The van der Waals surface area contributed by atoms with Gasteiger partial charge in [-0.1, -0.05) is 31.8 Å². The maximum absolute atomic E-state index is 12.5. The third-order valence-electron chi connectivity index (χ3n) is 4.06. The average molecular weight is 271 g/mol. The summed E-state index contributed by atoms with van der Waals surface area (Å²) >= 11 is 0. The number of nitrogens with zero attached hydrogens (tertiary/aromatic N) is 1. The van der Waals surface area contributed by atoms with Gasteiger partial charge in [0, 0.05) is 24.2 Å². The molecule has 106 valence electrons. The van der Waals surface area contributed by atoms with Crippen LogP contribution in [0.2, 0.25) is 0 Å². The first-order valence-corrected chi connectivity index (χ1v) is 7.02. The molecule has 2 rings (SSSR count). The molecular weight excluding hydrogens is 250 g/mol.